The summed E-state index contributed by atoms with van der Waals surface area (Å²) in [4.78, 5) is 10.8. The van der Waals surface area contributed by atoms with E-state index in [1.165, 1.54) is 6.92 Å². The quantitative estimate of drug-likeness (QED) is 0.263. The van der Waals surface area contributed by atoms with E-state index in [-0.39, 0.29) is 5.90 Å². The molecule has 0 aromatic heterocycles. The van der Waals surface area contributed by atoms with Crippen LogP contribution in [-0.4, -0.2) is 63.3 Å². The lowest BCUT2D eigenvalue weighted by atomic mass is 9.97. The summed E-state index contributed by atoms with van der Waals surface area (Å²) in [6.45, 7) is 0.649. The Morgan fingerprint density at radius 2 is 2.12 bits per heavy atom. The molecule has 1 fully saturated rings. The highest BCUT2D eigenvalue weighted by Gasteiger charge is 2.43. The number of rotatable bonds is 2. The lowest BCUT2D eigenvalue weighted by Gasteiger charge is -2.37. The van der Waals surface area contributed by atoms with Crippen LogP contribution >= 0.6 is 0 Å². The number of aliphatic hydroxyl groups excluding tert-OH is 3. The minimum absolute atomic E-state index is 0.355. The number of carbonyl (C=O) groups excluding carboxylic acids is 1. The van der Waals surface area contributed by atoms with Crippen LogP contribution in [0.5, 0.6) is 0 Å². The van der Waals surface area contributed by atoms with Gasteiger partial charge >= 0.3 is 0 Å². The van der Waals surface area contributed by atoms with Crippen LogP contribution in [0.15, 0.2) is 5.16 Å². The molecular weight excluding hydrogens is 220 g/mol. The van der Waals surface area contributed by atoms with Gasteiger partial charge in [-0.05, 0) is 0 Å². The summed E-state index contributed by atoms with van der Waals surface area (Å²) in [7, 11) is 0. The molecule has 0 bridgehead atoms. The zero-order valence-electron chi connectivity index (χ0n) is 8.57. The fourth-order valence-electron chi connectivity index (χ4n) is 1.46. The van der Waals surface area contributed by atoms with Gasteiger partial charge in [0, 0.05) is 6.92 Å². The van der Waals surface area contributed by atoms with Gasteiger partial charge in [-0.3, -0.25) is 4.79 Å². The number of ether oxygens (including phenoxy) is 1. The number of hydrogen-bond donors (Lipinski definition) is 5. The minimum atomic E-state index is -1.42. The minimum Gasteiger partial charge on any atom is -0.468 e. The Labute approximate surface area is 91.1 Å². The third kappa shape index (κ3) is 2.40. The first-order chi connectivity index (χ1) is 7.51. The van der Waals surface area contributed by atoms with Crippen molar-refractivity contribution in [3.63, 3.8) is 0 Å². The highest BCUT2D eigenvalue weighted by molar-refractivity contribution is 5.88. The predicted molar refractivity (Wildman–Crippen MR) is 50.8 cm³/mol. The highest BCUT2D eigenvalue weighted by Crippen LogP contribution is 2.17. The summed E-state index contributed by atoms with van der Waals surface area (Å²) < 4.78 is 4.91. The average Bonchev–Trinajstić information content (AvgIpc) is 2.25. The average molecular weight is 234 g/mol. The molecule has 1 saturated heterocycles. The van der Waals surface area contributed by atoms with Crippen LogP contribution < -0.4 is 5.32 Å². The maximum absolute atomic E-state index is 10.8. The van der Waals surface area contributed by atoms with Crippen LogP contribution in [0.25, 0.3) is 0 Å². The van der Waals surface area contributed by atoms with Gasteiger partial charge in [0.1, 0.15) is 18.2 Å². The smallest absolute Gasteiger partial charge is 0.251 e. The monoisotopic (exact) mass is 234 g/mol. The van der Waals surface area contributed by atoms with Crippen molar-refractivity contribution < 1.29 is 30.1 Å². The van der Waals surface area contributed by atoms with E-state index in [0.717, 1.165) is 0 Å². The second-order valence-corrected chi connectivity index (χ2v) is 3.44. The van der Waals surface area contributed by atoms with Gasteiger partial charge in [-0.2, -0.15) is 0 Å². The molecule has 1 aliphatic heterocycles. The Morgan fingerprint density at radius 3 is 2.56 bits per heavy atom. The Hall–Kier alpha value is -1.38. The summed E-state index contributed by atoms with van der Waals surface area (Å²) in [5.74, 6) is -0.838. The first kappa shape index (κ1) is 12.7. The molecule has 16 heavy (non-hydrogen) atoms. The second-order valence-electron chi connectivity index (χ2n) is 3.44. The second kappa shape index (κ2) is 5.10. The molecule has 0 radical (unpaired) electrons. The summed E-state index contributed by atoms with van der Waals surface area (Å²) in [6.07, 6.45) is -3.89. The maximum atomic E-state index is 10.8. The van der Waals surface area contributed by atoms with Crippen LogP contribution in [0.1, 0.15) is 6.92 Å². The Bertz CT molecular complexity index is 294. The standard InChI is InChI=1S/C8H14N2O6/c1-3(12)9-5-7(14)6(13)4(2-11)16-8(5)10-15/h4-7,11,13-15H,2H2,1H3,(H,9,12)/b10-8+/t4-,5-,6-,7-/m1/s1. The molecule has 0 unspecified atom stereocenters. The van der Waals surface area contributed by atoms with Gasteiger partial charge in [-0.1, -0.05) is 5.16 Å². The first-order valence-electron chi connectivity index (χ1n) is 4.64. The fraction of sp³-hybridized carbons (Fsp3) is 0.750. The number of aliphatic hydroxyl groups is 3. The lowest BCUT2D eigenvalue weighted by Crippen LogP contribution is -2.62. The summed E-state index contributed by atoms with van der Waals surface area (Å²) in [6, 6.07) is -1.14. The Balaban J connectivity index is 2.86. The third-order valence-electron chi connectivity index (χ3n) is 2.25. The molecule has 5 N–H and O–H groups in total. The van der Waals surface area contributed by atoms with E-state index in [4.69, 9.17) is 15.1 Å². The topological polar surface area (TPSA) is 132 Å². The van der Waals surface area contributed by atoms with Gasteiger partial charge in [0.15, 0.2) is 6.10 Å². The number of oxime groups is 1. The SMILES string of the molecule is CC(=O)N[C@H]1/C(=N\O)O[C@H](CO)[C@@H](O)[C@@H]1O. The number of amides is 1. The molecule has 0 aliphatic carbocycles. The van der Waals surface area contributed by atoms with Crippen molar-refractivity contribution in [3.8, 4) is 0 Å². The van der Waals surface area contributed by atoms with Crippen molar-refractivity contribution >= 4 is 11.8 Å². The van der Waals surface area contributed by atoms with E-state index in [2.05, 4.69) is 10.5 Å². The summed E-state index contributed by atoms with van der Waals surface area (Å²) >= 11 is 0. The van der Waals surface area contributed by atoms with E-state index in [9.17, 15) is 15.0 Å². The van der Waals surface area contributed by atoms with Gasteiger partial charge < -0.3 is 30.6 Å². The van der Waals surface area contributed by atoms with Crippen LogP contribution in [0.3, 0.4) is 0 Å². The molecule has 0 aromatic carbocycles. The lowest BCUT2D eigenvalue weighted by molar-refractivity contribution is -0.126. The molecule has 4 atom stereocenters. The molecule has 0 spiro atoms. The van der Waals surface area contributed by atoms with E-state index in [1.807, 2.05) is 0 Å². The van der Waals surface area contributed by atoms with Crippen LogP contribution in [0.2, 0.25) is 0 Å². The first-order valence-corrected chi connectivity index (χ1v) is 4.64. The van der Waals surface area contributed by atoms with Gasteiger partial charge in [-0.15, -0.1) is 0 Å². The zero-order valence-corrected chi connectivity index (χ0v) is 8.57. The van der Waals surface area contributed by atoms with Crippen LogP contribution in [0.4, 0.5) is 0 Å². The molecule has 0 aromatic rings. The van der Waals surface area contributed by atoms with E-state index in [1.54, 1.807) is 0 Å². The van der Waals surface area contributed by atoms with Crippen LogP contribution in [-0.2, 0) is 9.53 Å². The van der Waals surface area contributed by atoms with Crippen molar-refractivity contribution in [3.05, 3.63) is 0 Å². The molecule has 8 heteroatoms. The van der Waals surface area contributed by atoms with Gasteiger partial charge in [-0.25, -0.2) is 0 Å². The van der Waals surface area contributed by atoms with Gasteiger partial charge in [0.05, 0.1) is 6.61 Å². The Kier molecular flexibility index (Phi) is 4.05. The molecule has 1 heterocycles. The molecule has 1 rings (SSSR count). The van der Waals surface area contributed by atoms with Crippen molar-refractivity contribution in [1.29, 1.82) is 0 Å². The zero-order chi connectivity index (χ0) is 12.3. The van der Waals surface area contributed by atoms with Crippen molar-refractivity contribution in [2.45, 2.75) is 31.3 Å². The highest BCUT2D eigenvalue weighted by atomic mass is 16.6. The molecule has 8 nitrogen and oxygen atoms in total. The molecule has 1 aliphatic rings. The Morgan fingerprint density at radius 1 is 1.50 bits per heavy atom. The predicted octanol–water partition coefficient (Wildman–Crippen LogP) is -2.61. The van der Waals surface area contributed by atoms with Gasteiger partial charge in [0.2, 0.25) is 5.91 Å². The maximum Gasteiger partial charge on any atom is 0.251 e. The number of nitrogens with zero attached hydrogens (tertiary/aromatic N) is 1. The molecular formula is C8H14N2O6. The van der Waals surface area contributed by atoms with Crippen molar-refractivity contribution in [1.82, 2.24) is 5.32 Å². The number of hydrogen-bond acceptors (Lipinski definition) is 7. The molecule has 92 valence electrons. The van der Waals surface area contributed by atoms with Gasteiger partial charge in [0.25, 0.3) is 5.90 Å². The van der Waals surface area contributed by atoms with Crippen molar-refractivity contribution in [2.75, 3.05) is 6.61 Å². The normalized spacial score (nSPS) is 36.9. The largest absolute Gasteiger partial charge is 0.468 e. The summed E-state index contributed by atoms with van der Waals surface area (Å²) in [5.41, 5.74) is 0. The van der Waals surface area contributed by atoms with Crippen molar-refractivity contribution in [2.24, 2.45) is 5.16 Å². The summed E-state index contributed by atoms with van der Waals surface area (Å²) in [5, 5.41) is 41.6. The van der Waals surface area contributed by atoms with E-state index in [0.29, 0.717) is 0 Å². The molecule has 0 saturated carbocycles. The number of nitrogens with one attached hydrogen (secondary N) is 1. The van der Waals surface area contributed by atoms with E-state index < -0.39 is 36.9 Å². The number of carbonyl (C=O) groups is 1. The third-order valence-corrected chi connectivity index (χ3v) is 2.25. The molecule has 1 amide bonds. The van der Waals surface area contributed by atoms with E-state index >= 15 is 0 Å². The fourth-order valence-corrected chi connectivity index (χ4v) is 1.46. The van der Waals surface area contributed by atoms with Crippen LogP contribution in [0, 0.1) is 0 Å².